The smallest absolute Gasteiger partial charge is 0.162 e. The highest BCUT2D eigenvalue weighted by Crippen LogP contribution is 2.40. The molecule has 3 nitrogen and oxygen atoms in total. The first-order valence-corrected chi connectivity index (χ1v) is 8.71. The predicted molar refractivity (Wildman–Crippen MR) is 97.1 cm³/mol. The monoisotopic (exact) mass is 375 g/mol. The summed E-state index contributed by atoms with van der Waals surface area (Å²) in [5, 5.41) is 0. The van der Waals surface area contributed by atoms with Crippen molar-refractivity contribution in [2.24, 2.45) is 0 Å². The number of halogens is 1. The van der Waals surface area contributed by atoms with Crippen molar-refractivity contribution in [1.29, 1.82) is 0 Å². The van der Waals surface area contributed by atoms with Crippen molar-refractivity contribution in [1.82, 2.24) is 4.90 Å². The van der Waals surface area contributed by atoms with Gasteiger partial charge < -0.3 is 9.47 Å². The lowest BCUT2D eigenvalue weighted by atomic mass is 9.90. The summed E-state index contributed by atoms with van der Waals surface area (Å²) in [6.45, 7) is 11.2. The van der Waals surface area contributed by atoms with Gasteiger partial charge in [-0.1, -0.05) is 47.3 Å². The Kier molecular flexibility index (Phi) is 4.93. The Bertz CT molecular complexity index is 630. The number of nitrogens with zero attached hydrogens (tertiary/aromatic N) is 1. The van der Waals surface area contributed by atoms with Crippen LogP contribution in [0.5, 0.6) is 11.5 Å². The Hall–Kier alpha value is -1.52. The summed E-state index contributed by atoms with van der Waals surface area (Å²) >= 11 is 3.47. The number of fused-ring (bicyclic) bond motifs is 1. The van der Waals surface area contributed by atoms with Crippen LogP contribution < -0.4 is 9.47 Å². The number of ether oxygens (including phenoxy) is 2. The van der Waals surface area contributed by atoms with Gasteiger partial charge in [0.15, 0.2) is 11.5 Å². The maximum absolute atomic E-state index is 6.32. The molecule has 0 unspecified atom stereocenters. The quantitative estimate of drug-likeness (QED) is 0.730. The van der Waals surface area contributed by atoms with Gasteiger partial charge in [0.25, 0.3) is 0 Å². The Morgan fingerprint density at radius 3 is 2.74 bits per heavy atom. The maximum Gasteiger partial charge on any atom is 0.162 e. The van der Waals surface area contributed by atoms with E-state index in [1.807, 2.05) is 36.4 Å². The topological polar surface area (TPSA) is 21.7 Å². The molecule has 0 bridgehead atoms. The zero-order valence-corrected chi connectivity index (χ0v) is 14.8. The van der Waals surface area contributed by atoms with Gasteiger partial charge >= 0.3 is 0 Å². The summed E-state index contributed by atoms with van der Waals surface area (Å²) in [4.78, 5) is 2.43. The fraction of sp³-hybridized carbons (Fsp3) is 0.368. The first kappa shape index (κ1) is 16.3. The van der Waals surface area contributed by atoms with Crippen molar-refractivity contribution < 1.29 is 9.47 Å². The van der Waals surface area contributed by atoms with E-state index in [1.54, 1.807) is 0 Å². The van der Waals surface area contributed by atoms with Gasteiger partial charge in [-0.15, -0.1) is 0 Å². The summed E-state index contributed by atoms with van der Waals surface area (Å²) in [5.41, 5.74) is 1.01. The Morgan fingerprint density at radius 1 is 1.26 bits per heavy atom. The van der Waals surface area contributed by atoms with E-state index < -0.39 is 0 Å². The molecule has 4 heteroatoms. The first-order chi connectivity index (χ1) is 11.1. The molecule has 1 saturated heterocycles. The molecule has 1 fully saturated rings. The zero-order valence-electron chi connectivity index (χ0n) is 13.3. The number of benzene rings is 1. The number of allylic oxidation sites excluding steroid dienone is 2. The van der Waals surface area contributed by atoms with Crippen LogP contribution in [0.2, 0.25) is 0 Å². The summed E-state index contributed by atoms with van der Waals surface area (Å²) < 4.78 is 13.3. The lowest BCUT2D eigenvalue weighted by molar-refractivity contribution is -0.0507. The second-order valence-corrected chi connectivity index (χ2v) is 7.04. The molecule has 2 aliphatic heterocycles. The standard InChI is InChI=1S/C19H22BrNO2/c1-3-5-15(4-2)13-21-10-8-19(9-11-21)14-22-18-12-16(20)6-7-17(18)23-19/h3-7,12H,1-2,8-11,13-14H2/b15-5+. The van der Waals surface area contributed by atoms with E-state index in [1.165, 1.54) is 5.57 Å². The van der Waals surface area contributed by atoms with E-state index >= 15 is 0 Å². The number of rotatable bonds is 4. The van der Waals surface area contributed by atoms with Gasteiger partial charge in [0.2, 0.25) is 0 Å². The van der Waals surface area contributed by atoms with Crippen LogP contribution in [0.15, 0.2) is 59.6 Å². The first-order valence-electron chi connectivity index (χ1n) is 7.92. The van der Waals surface area contributed by atoms with Crippen LogP contribution in [0.1, 0.15) is 12.8 Å². The molecule has 2 aliphatic rings. The SMILES string of the molecule is C=C/C=C(\C=C)CN1CCC2(CC1)COc1cc(Br)ccc1O2. The van der Waals surface area contributed by atoms with Gasteiger partial charge in [-0.3, -0.25) is 4.90 Å². The van der Waals surface area contributed by atoms with Gasteiger partial charge in [-0.25, -0.2) is 0 Å². The van der Waals surface area contributed by atoms with Crippen LogP contribution in [0.4, 0.5) is 0 Å². The molecule has 0 radical (unpaired) electrons. The third kappa shape index (κ3) is 3.70. The molecule has 1 aromatic rings. The summed E-state index contributed by atoms with van der Waals surface area (Å²) in [7, 11) is 0. The molecule has 0 saturated carbocycles. The Morgan fingerprint density at radius 2 is 2.04 bits per heavy atom. The van der Waals surface area contributed by atoms with Crippen molar-refractivity contribution in [2.45, 2.75) is 18.4 Å². The number of piperidine rings is 1. The highest BCUT2D eigenvalue weighted by atomic mass is 79.9. The van der Waals surface area contributed by atoms with Crippen LogP contribution in [0.25, 0.3) is 0 Å². The van der Waals surface area contributed by atoms with Crippen molar-refractivity contribution in [3.05, 3.63) is 59.6 Å². The molecule has 0 aromatic heterocycles. The van der Waals surface area contributed by atoms with E-state index in [0.717, 1.165) is 48.4 Å². The molecular formula is C19H22BrNO2. The zero-order chi connectivity index (χ0) is 16.3. The van der Waals surface area contributed by atoms with E-state index in [9.17, 15) is 0 Å². The molecule has 2 heterocycles. The van der Waals surface area contributed by atoms with E-state index in [-0.39, 0.29) is 5.60 Å². The van der Waals surface area contributed by atoms with Crippen molar-refractivity contribution in [2.75, 3.05) is 26.2 Å². The lowest BCUT2D eigenvalue weighted by Gasteiger charge is -2.44. The molecular weight excluding hydrogens is 354 g/mol. The molecule has 1 aromatic carbocycles. The fourth-order valence-electron chi connectivity index (χ4n) is 3.11. The second kappa shape index (κ2) is 6.93. The number of likely N-dealkylation sites (tertiary alicyclic amines) is 1. The molecule has 3 rings (SSSR count). The molecule has 0 atom stereocenters. The average Bonchev–Trinajstić information content (AvgIpc) is 2.57. The Labute approximate surface area is 146 Å². The molecule has 0 aliphatic carbocycles. The van der Waals surface area contributed by atoms with Gasteiger partial charge in [-0.05, 0) is 23.8 Å². The van der Waals surface area contributed by atoms with Crippen LogP contribution in [0, 0.1) is 0 Å². The van der Waals surface area contributed by atoms with Crippen LogP contribution in [-0.4, -0.2) is 36.7 Å². The van der Waals surface area contributed by atoms with Crippen molar-refractivity contribution >= 4 is 15.9 Å². The van der Waals surface area contributed by atoms with Gasteiger partial charge in [0.05, 0.1) is 0 Å². The third-order valence-corrected chi connectivity index (χ3v) is 4.98. The Balaban J connectivity index is 1.63. The highest BCUT2D eigenvalue weighted by molar-refractivity contribution is 9.10. The summed E-state index contributed by atoms with van der Waals surface area (Å²) in [6.07, 6.45) is 7.68. The van der Waals surface area contributed by atoms with Gasteiger partial charge in [0, 0.05) is 36.9 Å². The molecule has 0 N–H and O–H groups in total. The molecule has 1 spiro atoms. The average molecular weight is 376 g/mol. The largest absolute Gasteiger partial charge is 0.485 e. The molecule has 23 heavy (non-hydrogen) atoms. The minimum atomic E-state index is -0.187. The van der Waals surface area contributed by atoms with E-state index in [2.05, 4.69) is 34.0 Å². The second-order valence-electron chi connectivity index (χ2n) is 6.12. The molecule has 0 amide bonds. The van der Waals surface area contributed by atoms with Gasteiger partial charge in [0.1, 0.15) is 12.2 Å². The lowest BCUT2D eigenvalue weighted by Crippen LogP contribution is -2.53. The highest BCUT2D eigenvalue weighted by Gasteiger charge is 2.40. The predicted octanol–water partition coefficient (Wildman–Crippen LogP) is 4.35. The van der Waals surface area contributed by atoms with E-state index in [0.29, 0.717) is 6.61 Å². The minimum Gasteiger partial charge on any atom is -0.485 e. The fourth-order valence-corrected chi connectivity index (χ4v) is 3.45. The van der Waals surface area contributed by atoms with Crippen molar-refractivity contribution in [3.63, 3.8) is 0 Å². The van der Waals surface area contributed by atoms with Crippen LogP contribution >= 0.6 is 15.9 Å². The summed E-state index contributed by atoms with van der Waals surface area (Å²) in [5.74, 6) is 1.68. The normalized spacial score (nSPS) is 20.3. The van der Waals surface area contributed by atoms with Crippen LogP contribution in [0.3, 0.4) is 0 Å². The minimum absolute atomic E-state index is 0.187. The molecule has 122 valence electrons. The number of hydrogen-bond acceptors (Lipinski definition) is 3. The number of hydrogen-bond donors (Lipinski definition) is 0. The summed E-state index contributed by atoms with van der Waals surface area (Å²) in [6, 6.07) is 5.94. The maximum atomic E-state index is 6.32. The van der Waals surface area contributed by atoms with E-state index in [4.69, 9.17) is 9.47 Å². The third-order valence-electron chi connectivity index (χ3n) is 4.49. The van der Waals surface area contributed by atoms with Crippen molar-refractivity contribution in [3.8, 4) is 11.5 Å². The van der Waals surface area contributed by atoms with Crippen LogP contribution in [-0.2, 0) is 0 Å². The van der Waals surface area contributed by atoms with Gasteiger partial charge in [-0.2, -0.15) is 0 Å².